The summed E-state index contributed by atoms with van der Waals surface area (Å²) in [7, 11) is 0. The van der Waals surface area contributed by atoms with Gasteiger partial charge < -0.3 is 14.8 Å². The summed E-state index contributed by atoms with van der Waals surface area (Å²) in [4.78, 5) is 51.5. The van der Waals surface area contributed by atoms with Crippen LogP contribution in [0, 0.1) is 39.7 Å². The van der Waals surface area contributed by atoms with E-state index in [9.17, 15) is 29.6 Å². The van der Waals surface area contributed by atoms with Gasteiger partial charge in [0.05, 0.1) is 21.8 Å². The van der Waals surface area contributed by atoms with Gasteiger partial charge in [0, 0.05) is 33.7 Å². The molecular formula is C19H14N2O7S2. The first-order valence-corrected chi connectivity index (χ1v) is 11.2. The number of aliphatic carboxylic acids is 1. The number of carboxylic acid groups (broad SMARTS) is 1. The fourth-order valence-corrected chi connectivity index (χ4v) is 8.98. The van der Waals surface area contributed by atoms with Crippen LogP contribution in [0.5, 0.6) is 5.75 Å². The second-order valence-corrected chi connectivity index (χ2v) is 10.4. The van der Waals surface area contributed by atoms with Gasteiger partial charge in [-0.15, -0.1) is 11.8 Å². The quantitative estimate of drug-likeness (QED) is 0.310. The van der Waals surface area contributed by atoms with Gasteiger partial charge in [-0.1, -0.05) is 11.3 Å². The lowest BCUT2D eigenvalue weighted by Crippen LogP contribution is -2.49. The first-order valence-electron chi connectivity index (χ1n) is 9.47. The second-order valence-electron chi connectivity index (χ2n) is 8.20. The van der Waals surface area contributed by atoms with E-state index in [2.05, 4.69) is 4.98 Å². The number of aromatic amines is 1. The van der Waals surface area contributed by atoms with E-state index in [-0.39, 0.29) is 45.2 Å². The van der Waals surface area contributed by atoms with E-state index in [0.717, 1.165) is 16.2 Å². The number of benzene rings is 1. The van der Waals surface area contributed by atoms with Crippen molar-refractivity contribution in [1.82, 2.24) is 4.98 Å². The molecule has 2 aliphatic heterocycles. The molecule has 11 heteroatoms. The zero-order valence-corrected chi connectivity index (χ0v) is 16.8. The van der Waals surface area contributed by atoms with Crippen LogP contribution in [0.3, 0.4) is 0 Å². The minimum atomic E-state index is -1.01. The van der Waals surface area contributed by atoms with Crippen molar-refractivity contribution in [3.05, 3.63) is 48.4 Å². The van der Waals surface area contributed by atoms with E-state index in [4.69, 9.17) is 4.74 Å². The van der Waals surface area contributed by atoms with Crippen LogP contribution in [0.2, 0.25) is 0 Å². The third kappa shape index (κ3) is 2.21. The summed E-state index contributed by atoms with van der Waals surface area (Å²) < 4.78 is 5.63. The average Bonchev–Trinajstić information content (AvgIpc) is 3.35. The fraction of sp³-hybridized carbons (Fsp3) is 0.421. The van der Waals surface area contributed by atoms with Gasteiger partial charge in [0.2, 0.25) is 0 Å². The molecule has 7 atom stereocenters. The Morgan fingerprint density at radius 2 is 2.10 bits per heavy atom. The number of rotatable bonds is 2. The lowest BCUT2D eigenvalue weighted by molar-refractivity contribution is -0.385. The Bertz CT molecular complexity index is 1200. The number of thiazole rings is 1. The van der Waals surface area contributed by atoms with Crippen LogP contribution in [0.1, 0.15) is 22.8 Å². The number of esters is 1. The smallest absolute Gasteiger partial charge is 0.315 e. The third-order valence-electron chi connectivity index (χ3n) is 7.02. The molecule has 2 aliphatic carbocycles. The zero-order chi connectivity index (χ0) is 20.9. The van der Waals surface area contributed by atoms with E-state index in [1.165, 1.54) is 30.0 Å². The molecule has 2 fully saturated rings. The molecule has 2 saturated carbocycles. The Kier molecular flexibility index (Phi) is 3.59. The first-order chi connectivity index (χ1) is 14.3. The number of ether oxygens (including phenoxy) is 1. The number of nitrogens with one attached hydrogen (secondary N) is 1. The number of hydrogen-bond donors (Lipinski definition) is 2. The number of carbonyl (C=O) groups excluding carboxylic acids is 1. The van der Waals surface area contributed by atoms with Gasteiger partial charge in [0.25, 0.3) is 5.69 Å². The molecule has 9 nitrogen and oxygen atoms in total. The van der Waals surface area contributed by atoms with Crippen molar-refractivity contribution >= 4 is 40.7 Å². The molecule has 1 aromatic carbocycles. The summed E-state index contributed by atoms with van der Waals surface area (Å²) in [6.45, 7) is 0. The van der Waals surface area contributed by atoms with Gasteiger partial charge in [0.15, 0.2) is 0 Å². The molecule has 6 rings (SSSR count). The minimum Gasteiger partial charge on any atom is -0.481 e. The number of thioether (sulfide) groups is 1. The molecule has 3 heterocycles. The highest BCUT2D eigenvalue weighted by molar-refractivity contribution is 8.00. The van der Waals surface area contributed by atoms with Gasteiger partial charge in [-0.3, -0.25) is 24.5 Å². The molecular weight excluding hydrogens is 432 g/mol. The number of carboxylic acids is 1. The number of H-pyrrole nitrogens is 1. The van der Waals surface area contributed by atoms with Crippen LogP contribution in [-0.2, 0) is 9.59 Å². The van der Waals surface area contributed by atoms with Crippen LogP contribution in [-0.4, -0.2) is 32.2 Å². The van der Waals surface area contributed by atoms with Gasteiger partial charge in [0.1, 0.15) is 5.75 Å². The summed E-state index contributed by atoms with van der Waals surface area (Å²) in [5.74, 6) is -3.84. The summed E-state index contributed by atoms with van der Waals surface area (Å²) in [6, 6.07) is 4.10. The summed E-state index contributed by atoms with van der Waals surface area (Å²) in [5, 5.41) is 21.9. The Morgan fingerprint density at radius 1 is 1.30 bits per heavy atom. The van der Waals surface area contributed by atoms with E-state index in [1.807, 2.05) is 0 Å². The molecule has 30 heavy (non-hydrogen) atoms. The predicted molar refractivity (Wildman–Crippen MR) is 105 cm³/mol. The molecule has 2 aromatic rings. The normalized spacial score (nSPS) is 35.1. The minimum absolute atomic E-state index is 0.0897. The van der Waals surface area contributed by atoms with Crippen molar-refractivity contribution in [1.29, 1.82) is 0 Å². The number of nitro benzene ring substituents is 1. The molecule has 0 unspecified atom stereocenters. The number of non-ortho nitro benzene ring substituents is 1. The predicted octanol–water partition coefficient (Wildman–Crippen LogP) is 2.45. The number of nitrogens with zero attached hydrogens (tertiary/aromatic N) is 1. The van der Waals surface area contributed by atoms with Crippen molar-refractivity contribution in [2.45, 2.75) is 22.6 Å². The maximum atomic E-state index is 13.0. The van der Waals surface area contributed by atoms with Crippen LogP contribution < -0.4 is 9.61 Å². The number of fused-ring (bicyclic) bond motifs is 6. The highest BCUT2D eigenvalue weighted by Gasteiger charge is 2.67. The number of carbonyl (C=O) groups is 2. The number of aromatic nitrogens is 1. The molecule has 154 valence electrons. The first kappa shape index (κ1) is 18.1. The van der Waals surface area contributed by atoms with Crippen LogP contribution >= 0.6 is 23.1 Å². The fourth-order valence-electron chi connectivity index (χ4n) is 6.10. The molecule has 2 bridgehead atoms. The van der Waals surface area contributed by atoms with Crippen LogP contribution in [0.4, 0.5) is 5.69 Å². The number of nitro groups is 1. The van der Waals surface area contributed by atoms with Crippen molar-refractivity contribution in [2.75, 3.05) is 0 Å². The lowest BCUT2D eigenvalue weighted by atomic mass is 9.66. The third-order valence-corrected chi connectivity index (χ3v) is 9.61. The Hall–Kier alpha value is -2.66. The van der Waals surface area contributed by atoms with Crippen molar-refractivity contribution in [3.8, 4) is 5.75 Å². The maximum Gasteiger partial charge on any atom is 0.315 e. The van der Waals surface area contributed by atoms with E-state index >= 15 is 0 Å². The largest absolute Gasteiger partial charge is 0.481 e. The van der Waals surface area contributed by atoms with Gasteiger partial charge in [-0.2, -0.15) is 0 Å². The van der Waals surface area contributed by atoms with E-state index < -0.39 is 28.7 Å². The average molecular weight is 446 g/mol. The number of hydrogen-bond acceptors (Lipinski definition) is 8. The molecule has 1 aromatic heterocycles. The molecule has 4 aliphatic rings. The zero-order valence-electron chi connectivity index (χ0n) is 15.1. The Labute approximate surface area is 176 Å². The molecule has 0 radical (unpaired) electrons. The lowest BCUT2D eigenvalue weighted by Gasteiger charge is -2.45. The van der Waals surface area contributed by atoms with Crippen LogP contribution in [0.15, 0.2) is 28.0 Å². The molecule has 2 N–H and O–H groups in total. The Morgan fingerprint density at radius 3 is 2.83 bits per heavy atom. The molecule has 0 saturated heterocycles. The van der Waals surface area contributed by atoms with Crippen molar-refractivity contribution in [2.24, 2.45) is 29.6 Å². The Balaban J connectivity index is 1.63. The van der Waals surface area contributed by atoms with Crippen LogP contribution in [0.25, 0.3) is 0 Å². The highest BCUT2D eigenvalue weighted by Crippen LogP contribution is 2.68. The molecule has 0 amide bonds. The van der Waals surface area contributed by atoms with Gasteiger partial charge >= 0.3 is 16.8 Å². The SMILES string of the molecule is O=C1Oc2ccc([N+](=O)[O-])cc2[C@@H]2c3sc(=O)[nH]c3S[C@H]3[C@@H]4C[C@@H]([C@@H]1[C@H]4C(=O)O)[C@H]23. The standard InChI is InChI=1S/C19H14N2O7S2/c22-17(23)12-8-4-7-11-10(15-16(29-14(8)11)20-19(25)30-15)6-3-5(21(26)27)1-2-9(6)28-18(24)13(7)12/h1-3,7-8,10-14H,4H2,(H,20,25)(H,22,23)/t7-,8-,10+,11-,12+,13-,14+/m1/s1. The highest BCUT2D eigenvalue weighted by atomic mass is 32.2. The summed E-state index contributed by atoms with van der Waals surface area (Å²) in [5.41, 5.74) is 0.398. The second kappa shape index (κ2) is 5.94. The summed E-state index contributed by atoms with van der Waals surface area (Å²) >= 11 is 2.55. The van der Waals surface area contributed by atoms with Crippen molar-refractivity contribution in [3.63, 3.8) is 0 Å². The maximum absolute atomic E-state index is 13.0. The van der Waals surface area contributed by atoms with E-state index in [0.29, 0.717) is 17.0 Å². The monoisotopic (exact) mass is 446 g/mol. The summed E-state index contributed by atoms with van der Waals surface area (Å²) in [6.07, 6.45) is 0.596. The van der Waals surface area contributed by atoms with E-state index in [1.54, 1.807) is 0 Å². The van der Waals surface area contributed by atoms with Gasteiger partial charge in [-0.05, 0) is 30.2 Å². The van der Waals surface area contributed by atoms with Crippen molar-refractivity contribution < 1.29 is 24.4 Å². The topological polar surface area (TPSA) is 140 Å². The molecule has 0 spiro atoms. The van der Waals surface area contributed by atoms with Gasteiger partial charge in [-0.25, -0.2) is 0 Å².